The van der Waals surface area contributed by atoms with E-state index in [0.29, 0.717) is 23.3 Å². The molecule has 0 spiro atoms. The first-order valence-corrected chi connectivity index (χ1v) is 9.29. The molecule has 0 unspecified atom stereocenters. The van der Waals surface area contributed by atoms with E-state index in [-0.39, 0.29) is 0 Å². The molecule has 0 fully saturated rings. The molecule has 0 saturated carbocycles. The lowest BCUT2D eigenvalue weighted by Gasteiger charge is -2.11. The second kappa shape index (κ2) is 9.01. The van der Waals surface area contributed by atoms with Crippen molar-refractivity contribution in [3.8, 4) is 33.8 Å². The Labute approximate surface area is 175 Å². The van der Waals surface area contributed by atoms with E-state index in [1.165, 1.54) is 0 Å². The van der Waals surface area contributed by atoms with Gasteiger partial charge in [-0.1, -0.05) is 49.0 Å². The number of aryl methyl sites for hydroxylation is 1. The first-order chi connectivity index (χ1) is 14.4. The summed E-state index contributed by atoms with van der Waals surface area (Å²) in [7, 11) is 0. The average molecular weight is 399 g/mol. The van der Waals surface area contributed by atoms with E-state index in [1.807, 2.05) is 43.3 Å². The molecular formula is C25H21NO4. The van der Waals surface area contributed by atoms with Gasteiger partial charge in [0.1, 0.15) is 17.7 Å². The average Bonchev–Trinajstić information content (AvgIpc) is 2.74. The van der Waals surface area contributed by atoms with Crippen LogP contribution < -0.4 is 9.47 Å². The monoisotopic (exact) mass is 399 g/mol. The number of ether oxygens (including phenoxy) is 2. The maximum atomic E-state index is 11.6. The van der Waals surface area contributed by atoms with Gasteiger partial charge in [0, 0.05) is 5.57 Å². The van der Waals surface area contributed by atoms with Crippen LogP contribution in [0.4, 0.5) is 0 Å². The molecule has 0 saturated heterocycles. The van der Waals surface area contributed by atoms with Crippen LogP contribution in [-0.2, 0) is 9.59 Å². The Morgan fingerprint density at radius 3 is 1.90 bits per heavy atom. The molecule has 1 N–H and O–H groups in total. The van der Waals surface area contributed by atoms with Crippen molar-refractivity contribution < 1.29 is 19.1 Å². The molecule has 30 heavy (non-hydrogen) atoms. The molecule has 0 heterocycles. The van der Waals surface area contributed by atoms with Gasteiger partial charge in [0.05, 0.1) is 0 Å². The van der Waals surface area contributed by atoms with Crippen LogP contribution >= 0.6 is 0 Å². The number of nitrogens with one attached hydrogen (secondary N) is 1. The lowest BCUT2D eigenvalue weighted by Crippen LogP contribution is -2.07. The van der Waals surface area contributed by atoms with E-state index in [1.54, 1.807) is 31.2 Å². The van der Waals surface area contributed by atoms with Gasteiger partial charge in [-0.15, -0.1) is 0 Å². The molecule has 0 aliphatic carbocycles. The fourth-order valence-electron chi connectivity index (χ4n) is 2.92. The molecule has 3 aromatic rings. The van der Waals surface area contributed by atoms with Crippen molar-refractivity contribution in [2.45, 2.75) is 13.8 Å². The van der Waals surface area contributed by atoms with E-state index in [9.17, 15) is 9.59 Å². The summed E-state index contributed by atoms with van der Waals surface area (Å²) in [6.45, 7) is 7.22. The van der Waals surface area contributed by atoms with Crippen LogP contribution in [0.15, 0.2) is 78.9 Å². The highest BCUT2D eigenvalue weighted by Crippen LogP contribution is 2.30. The third kappa shape index (κ3) is 4.89. The summed E-state index contributed by atoms with van der Waals surface area (Å²) in [5.41, 5.74) is 5.57. The Morgan fingerprint density at radius 1 is 0.833 bits per heavy atom. The Balaban J connectivity index is 1.78. The Kier molecular flexibility index (Phi) is 6.23. The van der Waals surface area contributed by atoms with Crippen molar-refractivity contribution in [3.63, 3.8) is 0 Å². The normalized spacial score (nSPS) is 10.2. The zero-order valence-electron chi connectivity index (χ0n) is 16.8. The van der Waals surface area contributed by atoms with Gasteiger partial charge in [-0.05, 0) is 65.9 Å². The molecule has 0 radical (unpaired) electrons. The number of benzene rings is 3. The zero-order chi connectivity index (χ0) is 21.7. The number of hydrogen-bond donors (Lipinski definition) is 1. The number of rotatable bonds is 6. The van der Waals surface area contributed by atoms with Crippen LogP contribution in [0.5, 0.6) is 11.5 Å². The molecule has 150 valence electrons. The van der Waals surface area contributed by atoms with Gasteiger partial charge < -0.3 is 14.9 Å². The summed E-state index contributed by atoms with van der Waals surface area (Å²) >= 11 is 0. The number of carbonyl (C=O) groups is 2. The standard InChI is InChI=1S/C25H21NO4/c1-16(2)25(28)30-22-11-6-19(7-12-22)23-13-8-20(14-17(23)3)18-4-9-21(10-5-18)29-24(27)15-26/h4-15,26H,1H2,2-3H3. The molecule has 3 rings (SSSR count). The lowest BCUT2D eigenvalue weighted by atomic mass is 9.96. The van der Waals surface area contributed by atoms with E-state index in [0.717, 1.165) is 27.8 Å². The van der Waals surface area contributed by atoms with Gasteiger partial charge >= 0.3 is 11.9 Å². The Hall–Kier alpha value is -3.99. The summed E-state index contributed by atoms with van der Waals surface area (Å²) in [5.74, 6) is -0.275. The van der Waals surface area contributed by atoms with E-state index in [4.69, 9.17) is 14.9 Å². The SMILES string of the molecule is C=C(C)C(=O)Oc1ccc(-c2ccc(-c3ccc(OC(=O)C=N)cc3)cc2C)cc1. The number of hydrogen-bond acceptors (Lipinski definition) is 5. The van der Waals surface area contributed by atoms with Crippen molar-refractivity contribution >= 4 is 18.2 Å². The maximum absolute atomic E-state index is 11.6. The minimum Gasteiger partial charge on any atom is -0.423 e. The van der Waals surface area contributed by atoms with Gasteiger partial charge in [-0.2, -0.15) is 0 Å². The second-order valence-corrected chi connectivity index (χ2v) is 6.81. The molecule has 5 nitrogen and oxygen atoms in total. The Bertz CT molecular complexity index is 1110. The lowest BCUT2D eigenvalue weighted by molar-refractivity contribution is -0.130. The summed E-state index contributed by atoms with van der Waals surface area (Å²) in [6.07, 6.45) is 0.632. The van der Waals surface area contributed by atoms with Crippen LogP contribution in [0.25, 0.3) is 22.3 Å². The van der Waals surface area contributed by atoms with Crippen LogP contribution in [0.2, 0.25) is 0 Å². The highest BCUT2D eigenvalue weighted by Gasteiger charge is 2.08. The summed E-state index contributed by atoms with van der Waals surface area (Å²) in [5, 5.41) is 6.88. The number of carbonyl (C=O) groups excluding carboxylic acids is 2. The first kappa shape index (κ1) is 20.7. The summed E-state index contributed by atoms with van der Waals surface area (Å²) in [4.78, 5) is 22.8. The van der Waals surface area contributed by atoms with Crippen molar-refractivity contribution in [2.75, 3.05) is 0 Å². The predicted octanol–water partition coefficient (Wildman–Crippen LogP) is 5.37. The van der Waals surface area contributed by atoms with E-state index < -0.39 is 11.9 Å². The molecule has 0 aromatic heterocycles. The molecule has 0 amide bonds. The fraction of sp³-hybridized carbons (Fsp3) is 0.0800. The zero-order valence-corrected chi connectivity index (χ0v) is 16.8. The van der Waals surface area contributed by atoms with Crippen molar-refractivity contribution in [2.24, 2.45) is 0 Å². The van der Waals surface area contributed by atoms with Crippen LogP contribution in [-0.4, -0.2) is 18.2 Å². The van der Waals surface area contributed by atoms with Crippen molar-refractivity contribution in [1.29, 1.82) is 5.41 Å². The first-order valence-electron chi connectivity index (χ1n) is 9.29. The van der Waals surface area contributed by atoms with Gasteiger partial charge in [-0.25, -0.2) is 9.59 Å². The minimum atomic E-state index is -0.705. The summed E-state index contributed by atoms with van der Waals surface area (Å²) in [6, 6.07) is 20.6. The fourth-order valence-corrected chi connectivity index (χ4v) is 2.92. The van der Waals surface area contributed by atoms with Crippen molar-refractivity contribution in [1.82, 2.24) is 0 Å². The Morgan fingerprint density at radius 2 is 1.37 bits per heavy atom. The van der Waals surface area contributed by atoms with E-state index >= 15 is 0 Å². The van der Waals surface area contributed by atoms with E-state index in [2.05, 4.69) is 12.6 Å². The second-order valence-electron chi connectivity index (χ2n) is 6.81. The largest absolute Gasteiger partial charge is 0.423 e. The van der Waals surface area contributed by atoms with Crippen molar-refractivity contribution in [3.05, 3.63) is 84.4 Å². The predicted molar refractivity (Wildman–Crippen MR) is 117 cm³/mol. The minimum absolute atomic E-state index is 0.353. The maximum Gasteiger partial charge on any atom is 0.354 e. The molecule has 3 aromatic carbocycles. The topological polar surface area (TPSA) is 76.5 Å². The van der Waals surface area contributed by atoms with Gasteiger partial charge in [0.2, 0.25) is 0 Å². The number of esters is 2. The van der Waals surface area contributed by atoms with Crippen LogP contribution in [0, 0.1) is 12.3 Å². The molecule has 0 bridgehead atoms. The third-order valence-corrected chi connectivity index (χ3v) is 4.47. The quantitative estimate of drug-likeness (QED) is 0.262. The molecule has 0 aliphatic rings. The molecule has 0 atom stereocenters. The highest BCUT2D eigenvalue weighted by molar-refractivity contribution is 6.22. The van der Waals surface area contributed by atoms with Crippen LogP contribution in [0.3, 0.4) is 0 Å². The smallest absolute Gasteiger partial charge is 0.354 e. The third-order valence-electron chi connectivity index (χ3n) is 4.47. The van der Waals surface area contributed by atoms with Gasteiger partial charge in [-0.3, -0.25) is 0 Å². The molecule has 0 aliphatic heterocycles. The molecule has 5 heteroatoms. The van der Waals surface area contributed by atoms with Gasteiger partial charge in [0.15, 0.2) is 0 Å². The van der Waals surface area contributed by atoms with Crippen LogP contribution in [0.1, 0.15) is 12.5 Å². The highest BCUT2D eigenvalue weighted by atomic mass is 16.5. The summed E-state index contributed by atoms with van der Waals surface area (Å²) < 4.78 is 10.2. The van der Waals surface area contributed by atoms with Gasteiger partial charge in [0.25, 0.3) is 0 Å². The molecular weight excluding hydrogens is 378 g/mol.